The molecule has 1 aromatic carbocycles. The largest absolute Gasteiger partial charge is 0.469 e. The maximum absolute atomic E-state index is 11.8. The van der Waals surface area contributed by atoms with Gasteiger partial charge in [-0.25, -0.2) is 9.97 Å². The number of nitrogens with zero attached hydrogens (tertiary/aromatic N) is 3. The predicted octanol–water partition coefficient (Wildman–Crippen LogP) is 2.84. The molecule has 5 nitrogen and oxygen atoms in total. The summed E-state index contributed by atoms with van der Waals surface area (Å²) in [7, 11) is 1.45. The maximum atomic E-state index is 11.8. The number of hydrogen-bond donors (Lipinski definition) is 0. The number of methoxy groups -OCH3 is 1. The van der Waals surface area contributed by atoms with Crippen LogP contribution in [0.1, 0.15) is 18.7 Å². The number of aryl methyl sites for hydroxylation is 1. The Morgan fingerprint density at radius 3 is 2.78 bits per heavy atom. The fourth-order valence-corrected chi connectivity index (χ4v) is 3.02. The van der Waals surface area contributed by atoms with Crippen molar-refractivity contribution in [2.45, 2.75) is 19.8 Å². The maximum Gasteiger partial charge on any atom is 0.310 e. The average molecular weight is 311 g/mol. The van der Waals surface area contributed by atoms with Crippen molar-refractivity contribution in [1.29, 1.82) is 0 Å². The number of carbonyl (C=O) groups excluding carboxylic acids is 1. The van der Waals surface area contributed by atoms with E-state index in [0.717, 1.165) is 42.3 Å². The Hall–Kier alpha value is -2.43. The van der Waals surface area contributed by atoms with Crippen LogP contribution in [0.2, 0.25) is 0 Å². The van der Waals surface area contributed by atoms with Crippen molar-refractivity contribution in [1.82, 2.24) is 9.97 Å². The summed E-state index contributed by atoms with van der Waals surface area (Å²) in [5, 5.41) is 0. The molecule has 1 fully saturated rings. The van der Waals surface area contributed by atoms with Crippen LogP contribution in [0, 0.1) is 12.8 Å². The summed E-state index contributed by atoms with van der Waals surface area (Å²) in [5.41, 5.74) is 1.98. The number of hydrogen-bond acceptors (Lipinski definition) is 5. The molecule has 0 aliphatic carbocycles. The third kappa shape index (κ3) is 3.50. The first-order chi connectivity index (χ1) is 11.2. The van der Waals surface area contributed by atoms with E-state index in [1.54, 1.807) is 0 Å². The summed E-state index contributed by atoms with van der Waals surface area (Å²) in [4.78, 5) is 23.1. The smallest absolute Gasteiger partial charge is 0.310 e. The number of piperidine rings is 1. The molecule has 0 N–H and O–H groups in total. The number of ether oxygens (including phenoxy) is 1. The quantitative estimate of drug-likeness (QED) is 0.816. The van der Waals surface area contributed by atoms with Gasteiger partial charge in [0.05, 0.1) is 18.7 Å². The third-order valence-corrected chi connectivity index (χ3v) is 4.17. The van der Waals surface area contributed by atoms with Gasteiger partial charge in [0.25, 0.3) is 0 Å². The lowest BCUT2D eigenvalue weighted by atomic mass is 9.98. The average Bonchev–Trinajstić information content (AvgIpc) is 2.61. The van der Waals surface area contributed by atoms with Crippen LogP contribution in [0.25, 0.3) is 11.3 Å². The van der Waals surface area contributed by atoms with Crippen LogP contribution in [-0.4, -0.2) is 36.1 Å². The molecule has 0 radical (unpaired) electrons. The van der Waals surface area contributed by atoms with E-state index in [4.69, 9.17) is 4.74 Å². The fourth-order valence-electron chi connectivity index (χ4n) is 3.02. The molecule has 5 heteroatoms. The van der Waals surface area contributed by atoms with Crippen molar-refractivity contribution < 1.29 is 9.53 Å². The number of anilines is 1. The highest BCUT2D eigenvalue weighted by molar-refractivity contribution is 5.73. The van der Waals surface area contributed by atoms with E-state index in [0.29, 0.717) is 6.54 Å². The zero-order valence-corrected chi connectivity index (χ0v) is 13.5. The van der Waals surface area contributed by atoms with Crippen molar-refractivity contribution in [2.75, 3.05) is 25.1 Å². The van der Waals surface area contributed by atoms with Crippen LogP contribution in [-0.2, 0) is 9.53 Å². The topological polar surface area (TPSA) is 55.3 Å². The normalized spacial score (nSPS) is 17.8. The van der Waals surface area contributed by atoms with Gasteiger partial charge in [0.15, 0.2) is 0 Å². The first-order valence-corrected chi connectivity index (χ1v) is 7.91. The second kappa shape index (κ2) is 6.77. The lowest BCUT2D eigenvalue weighted by molar-refractivity contribution is -0.145. The van der Waals surface area contributed by atoms with Crippen LogP contribution in [0.15, 0.2) is 36.4 Å². The van der Waals surface area contributed by atoms with Gasteiger partial charge in [0.2, 0.25) is 0 Å². The molecule has 1 aliphatic heterocycles. The Morgan fingerprint density at radius 2 is 2.04 bits per heavy atom. The molecule has 1 saturated heterocycles. The minimum atomic E-state index is -0.135. The second-order valence-electron chi connectivity index (χ2n) is 5.83. The number of benzene rings is 1. The molecule has 2 aromatic rings. The molecule has 0 spiro atoms. The molecule has 2 heterocycles. The predicted molar refractivity (Wildman–Crippen MR) is 89.2 cm³/mol. The lowest BCUT2D eigenvalue weighted by Crippen LogP contribution is -2.39. The molecule has 23 heavy (non-hydrogen) atoms. The van der Waals surface area contributed by atoms with Crippen molar-refractivity contribution in [3.05, 3.63) is 42.2 Å². The molecular formula is C18H21N3O2. The van der Waals surface area contributed by atoms with Gasteiger partial charge in [0.1, 0.15) is 11.6 Å². The Morgan fingerprint density at radius 1 is 1.26 bits per heavy atom. The van der Waals surface area contributed by atoms with Gasteiger partial charge in [-0.05, 0) is 19.8 Å². The number of aromatic nitrogens is 2. The summed E-state index contributed by atoms with van der Waals surface area (Å²) in [6, 6.07) is 12.1. The Bertz CT molecular complexity index is 688. The molecule has 0 saturated carbocycles. The third-order valence-electron chi connectivity index (χ3n) is 4.17. The molecule has 0 bridgehead atoms. The molecule has 120 valence electrons. The zero-order chi connectivity index (χ0) is 16.2. The Balaban J connectivity index is 1.88. The molecule has 1 unspecified atom stereocenters. The van der Waals surface area contributed by atoms with Gasteiger partial charge in [-0.2, -0.15) is 0 Å². The summed E-state index contributed by atoms with van der Waals surface area (Å²) in [6.07, 6.45) is 1.84. The van der Waals surface area contributed by atoms with Crippen molar-refractivity contribution in [3.8, 4) is 11.3 Å². The lowest BCUT2D eigenvalue weighted by Gasteiger charge is -2.32. The highest BCUT2D eigenvalue weighted by Crippen LogP contribution is 2.26. The Labute approximate surface area is 136 Å². The van der Waals surface area contributed by atoms with E-state index >= 15 is 0 Å². The highest BCUT2D eigenvalue weighted by Gasteiger charge is 2.27. The zero-order valence-electron chi connectivity index (χ0n) is 13.5. The van der Waals surface area contributed by atoms with Gasteiger partial charge >= 0.3 is 5.97 Å². The van der Waals surface area contributed by atoms with Crippen LogP contribution in [0.3, 0.4) is 0 Å². The highest BCUT2D eigenvalue weighted by atomic mass is 16.5. The first-order valence-electron chi connectivity index (χ1n) is 7.91. The van der Waals surface area contributed by atoms with E-state index in [1.807, 2.05) is 43.3 Å². The van der Waals surface area contributed by atoms with Gasteiger partial charge in [-0.3, -0.25) is 4.79 Å². The molecular weight excluding hydrogens is 290 g/mol. The van der Waals surface area contributed by atoms with Crippen LogP contribution in [0.4, 0.5) is 5.82 Å². The Kier molecular flexibility index (Phi) is 4.55. The number of rotatable bonds is 3. The van der Waals surface area contributed by atoms with Gasteiger partial charge in [-0.15, -0.1) is 0 Å². The van der Waals surface area contributed by atoms with Crippen molar-refractivity contribution >= 4 is 11.8 Å². The van der Waals surface area contributed by atoms with E-state index in [-0.39, 0.29) is 11.9 Å². The van der Waals surface area contributed by atoms with Crippen molar-refractivity contribution in [3.63, 3.8) is 0 Å². The van der Waals surface area contributed by atoms with E-state index < -0.39 is 0 Å². The molecule has 1 aliphatic rings. The van der Waals surface area contributed by atoms with E-state index in [1.165, 1.54) is 7.11 Å². The summed E-state index contributed by atoms with van der Waals surface area (Å²) in [5.74, 6) is 1.40. The number of carbonyl (C=O) groups is 1. The van der Waals surface area contributed by atoms with Gasteiger partial charge in [0, 0.05) is 24.7 Å². The van der Waals surface area contributed by atoms with Crippen LogP contribution >= 0.6 is 0 Å². The number of esters is 1. The van der Waals surface area contributed by atoms with Gasteiger partial charge in [-0.1, -0.05) is 30.3 Å². The standard InChI is InChI=1S/C18H21N3O2/c1-13-19-16(14-7-4-3-5-8-14)11-17(20-13)21-10-6-9-15(12-21)18(22)23-2/h3-5,7-8,11,15H,6,9-10,12H2,1-2H3. The summed E-state index contributed by atoms with van der Waals surface area (Å²) < 4.78 is 4.89. The molecule has 1 aromatic heterocycles. The minimum absolute atomic E-state index is 0.0794. The minimum Gasteiger partial charge on any atom is -0.469 e. The van der Waals surface area contributed by atoms with E-state index in [2.05, 4.69) is 14.9 Å². The second-order valence-corrected chi connectivity index (χ2v) is 5.83. The summed E-state index contributed by atoms with van der Waals surface area (Å²) in [6.45, 7) is 3.45. The molecule has 0 amide bonds. The SMILES string of the molecule is COC(=O)C1CCCN(c2cc(-c3ccccc3)nc(C)n2)C1. The molecule has 1 atom stereocenters. The van der Waals surface area contributed by atoms with Crippen molar-refractivity contribution in [2.24, 2.45) is 5.92 Å². The first kappa shape index (κ1) is 15.5. The van der Waals surface area contributed by atoms with Crippen LogP contribution in [0.5, 0.6) is 0 Å². The fraction of sp³-hybridized carbons (Fsp3) is 0.389. The monoisotopic (exact) mass is 311 g/mol. The van der Waals surface area contributed by atoms with Gasteiger partial charge < -0.3 is 9.64 Å². The van der Waals surface area contributed by atoms with E-state index in [9.17, 15) is 4.79 Å². The summed E-state index contributed by atoms with van der Waals surface area (Å²) >= 11 is 0. The molecule has 3 rings (SSSR count). The van der Waals surface area contributed by atoms with Crippen LogP contribution < -0.4 is 4.90 Å².